The molecule has 1 amide bonds. The van der Waals surface area contributed by atoms with Crippen molar-refractivity contribution < 1.29 is 9.21 Å². The van der Waals surface area contributed by atoms with E-state index in [4.69, 9.17) is 4.42 Å². The lowest BCUT2D eigenvalue weighted by Gasteiger charge is -2.19. The maximum atomic E-state index is 12.3. The number of amides is 1. The highest BCUT2D eigenvalue weighted by molar-refractivity contribution is 7.99. The molecule has 0 aliphatic carbocycles. The van der Waals surface area contributed by atoms with Gasteiger partial charge in [-0.05, 0) is 36.1 Å². The van der Waals surface area contributed by atoms with Crippen molar-refractivity contribution in [1.82, 2.24) is 14.8 Å². The summed E-state index contributed by atoms with van der Waals surface area (Å²) >= 11 is 1.35. The van der Waals surface area contributed by atoms with E-state index in [0.717, 1.165) is 22.8 Å². The Morgan fingerprint density at radius 1 is 1.19 bits per heavy atom. The summed E-state index contributed by atoms with van der Waals surface area (Å²) in [7, 11) is 1.88. The summed E-state index contributed by atoms with van der Waals surface area (Å²) in [4.78, 5) is 12.3. The third kappa shape index (κ3) is 4.42. The fourth-order valence-electron chi connectivity index (χ4n) is 2.67. The van der Waals surface area contributed by atoms with Crippen LogP contribution in [-0.4, -0.2) is 26.4 Å². The number of nitrogens with zero attached hydrogens (tertiary/aromatic N) is 3. The Bertz CT molecular complexity index is 936. The van der Waals surface area contributed by atoms with Crippen LogP contribution in [0.4, 0.5) is 5.69 Å². The second kappa shape index (κ2) is 7.60. The van der Waals surface area contributed by atoms with Crippen molar-refractivity contribution in [2.24, 2.45) is 7.05 Å². The van der Waals surface area contributed by atoms with Crippen molar-refractivity contribution in [2.75, 3.05) is 11.1 Å². The van der Waals surface area contributed by atoms with Gasteiger partial charge in [-0.1, -0.05) is 44.7 Å². The molecule has 0 saturated heterocycles. The Morgan fingerprint density at radius 2 is 1.89 bits per heavy atom. The Labute approximate surface area is 163 Å². The summed E-state index contributed by atoms with van der Waals surface area (Å²) in [5, 5.41) is 12.0. The molecule has 0 unspecified atom stereocenters. The van der Waals surface area contributed by atoms with Gasteiger partial charge in [0.1, 0.15) is 5.76 Å². The highest BCUT2D eigenvalue weighted by atomic mass is 32.2. The van der Waals surface area contributed by atoms with Gasteiger partial charge < -0.3 is 14.3 Å². The number of aryl methyl sites for hydroxylation is 1. The van der Waals surface area contributed by atoms with Gasteiger partial charge >= 0.3 is 0 Å². The van der Waals surface area contributed by atoms with Gasteiger partial charge in [0.25, 0.3) is 0 Å². The first kappa shape index (κ1) is 19.2. The number of anilines is 1. The van der Waals surface area contributed by atoms with E-state index in [1.165, 1.54) is 17.3 Å². The van der Waals surface area contributed by atoms with E-state index in [-0.39, 0.29) is 17.1 Å². The molecule has 0 radical (unpaired) electrons. The number of carbonyl (C=O) groups is 1. The third-order valence-corrected chi connectivity index (χ3v) is 5.32. The van der Waals surface area contributed by atoms with Crippen LogP contribution in [0.1, 0.15) is 32.1 Å². The van der Waals surface area contributed by atoms with E-state index in [1.54, 1.807) is 6.26 Å². The molecule has 27 heavy (non-hydrogen) atoms. The van der Waals surface area contributed by atoms with Gasteiger partial charge in [0.15, 0.2) is 11.0 Å². The van der Waals surface area contributed by atoms with Gasteiger partial charge in [-0.3, -0.25) is 4.79 Å². The first-order valence-corrected chi connectivity index (χ1v) is 9.71. The lowest BCUT2D eigenvalue weighted by atomic mass is 9.87. The topological polar surface area (TPSA) is 72.9 Å². The Hall–Kier alpha value is -2.54. The Kier molecular flexibility index (Phi) is 5.41. The lowest BCUT2D eigenvalue weighted by Crippen LogP contribution is -2.15. The first-order chi connectivity index (χ1) is 12.8. The molecule has 3 rings (SSSR count). The predicted molar refractivity (Wildman–Crippen MR) is 108 cm³/mol. The van der Waals surface area contributed by atoms with E-state index in [9.17, 15) is 4.79 Å². The number of aromatic nitrogens is 3. The van der Waals surface area contributed by atoms with E-state index in [2.05, 4.69) is 36.3 Å². The average Bonchev–Trinajstić information content (AvgIpc) is 3.18. The maximum Gasteiger partial charge on any atom is 0.234 e. The molecular formula is C20H24N4O2S. The molecule has 0 aliphatic rings. The number of carbonyl (C=O) groups excluding carboxylic acids is 1. The van der Waals surface area contributed by atoms with Crippen LogP contribution in [0.5, 0.6) is 0 Å². The van der Waals surface area contributed by atoms with E-state index < -0.39 is 0 Å². The Balaban J connectivity index is 1.60. The summed E-state index contributed by atoms with van der Waals surface area (Å²) < 4.78 is 7.19. The van der Waals surface area contributed by atoms with Crippen LogP contribution >= 0.6 is 11.8 Å². The highest BCUT2D eigenvalue weighted by Crippen LogP contribution is 2.26. The zero-order chi connectivity index (χ0) is 19.6. The minimum atomic E-state index is -0.0763. The SMILES string of the molecule is Cc1occc1-c1nnc(SCC(=O)Nc2ccc(C(C)(C)C)cc2)n1C. The van der Waals surface area contributed by atoms with Crippen LogP contribution in [0.15, 0.2) is 46.2 Å². The molecule has 142 valence electrons. The molecular weight excluding hydrogens is 360 g/mol. The van der Waals surface area contributed by atoms with Gasteiger partial charge in [0.05, 0.1) is 17.6 Å². The molecule has 0 spiro atoms. The van der Waals surface area contributed by atoms with Crippen molar-refractivity contribution >= 4 is 23.4 Å². The fourth-order valence-corrected chi connectivity index (χ4v) is 3.38. The number of hydrogen-bond acceptors (Lipinski definition) is 5. The molecule has 0 aliphatic heterocycles. The monoisotopic (exact) mass is 384 g/mol. The number of thioether (sulfide) groups is 1. The molecule has 0 bridgehead atoms. The summed E-state index contributed by atoms with van der Waals surface area (Å²) in [5.74, 6) is 1.70. The van der Waals surface area contributed by atoms with Crippen LogP contribution < -0.4 is 5.32 Å². The van der Waals surface area contributed by atoms with E-state index in [0.29, 0.717) is 5.16 Å². The second-order valence-electron chi connectivity index (χ2n) is 7.42. The fraction of sp³-hybridized carbons (Fsp3) is 0.350. The van der Waals surface area contributed by atoms with Gasteiger partial charge in [-0.25, -0.2) is 0 Å². The zero-order valence-electron chi connectivity index (χ0n) is 16.2. The molecule has 2 aromatic heterocycles. The molecule has 2 heterocycles. The maximum absolute atomic E-state index is 12.3. The van der Waals surface area contributed by atoms with Crippen molar-refractivity contribution in [2.45, 2.75) is 38.3 Å². The van der Waals surface area contributed by atoms with Crippen molar-refractivity contribution in [3.63, 3.8) is 0 Å². The number of benzene rings is 1. The van der Waals surface area contributed by atoms with Crippen LogP contribution in [0.3, 0.4) is 0 Å². The van der Waals surface area contributed by atoms with Gasteiger partial charge in [0.2, 0.25) is 5.91 Å². The van der Waals surface area contributed by atoms with Gasteiger partial charge in [-0.15, -0.1) is 10.2 Å². The molecule has 1 N–H and O–H groups in total. The summed E-state index contributed by atoms with van der Waals surface area (Å²) in [6, 6.07) is 9.83. The standard InChI is InChI=1S/C20H24N4O2S/c1-13-16(10-11-26-13)18-22-23-19(24(18)5)27-12-17(25)21-15-8-6-14(7-9-15)20(2,3)4/h6-11H,12H2,1-5H3,(H,21,25). The molecule has 6 nitrogen and oxygen atoms in total. The minimum absolute atomic E-state index is 0.0763. The normalized spacial score (nSPS) is 11.6. The minimum Gasteiger partial charge on any atom is -0.469 e. The molecule has 0 atom stereocenters. The van der Waals surface area contributed by atoms with Crippen molar-refractivity contribution in [3.05, 3.63) is 47.9 Å². The van der Waals surface area contributed by atoms with Gasteiger partial charge in [0, 0.05) is 12.7 Å². The van der Waals surface area contributed by atoms with Crippen LogP contribution in [0.2, 0.25) is 0 Å². The molecule has 0 fully saturated rings. The molecule has 1 aromatic carbocycles. The zero-order valence-corrected chi connectivity index (χ0v) is 17.1. The number of rotatable bonds is 5. The highest BCUT2D eigenvalue weighted by Gasteiger charge is 2.16. The lowest BCUT2D eigenvalue weighted by molar-refractivity contribution is -0.113. The number of furan rings is 1. The van der Waals surface area contributed by atoms with Gasteiger partial charge in [-0.2, -0.15) is 0 Å². The third-order valence-electron chi connectivity index (χ3n) is 4.30. The Morgan fingerprint density at radius 3 is 2.48 bits per heavy atom. The largest absolute Gasteiger partial charge is 0.469 e. The number of nitrogens with one attached hydrogen (secondary N) is 1. The predicted octanol–water partition coefficient (Wildman–Crippen LogP) is 4.41. The quantitative estimate of drug-likeness (QED) is 0.660. The molecule has 7 heteroatoms. The van der Waals surface area contributed by atoms with E-state index >= 15 is 0 Å². The van der Waals surface area contributed by atoms with Crippen LogP contribution in [-0.2, 0) is 17.3 Å². The molecule has 0 saturated carbocycles. The summed E-state index contributed by atoms with van der Waals surface area (Å²) in [6.07, 6.45) is 1.63. The van der Waals surface area contributed by atoms with Crippen LogP contribution in [0, 0.1) is 6.92 Å². The second-order valence-corrected chi connectivity index (χ2v) is 8.36. The summed E-state index contributed by atoms with van der Waals surface area (Å²) in [5.41, 5.74) is 3.02. The van der Waals surface area contributed by atoms with Crippen molar-refractivity contribution in [3.8, 4) is 11.4 Å². The number of hydrogen-bond donors (Lipinski definition) is 1. The van der Waals surface area contributed by atoms with E-state index in [1.807, 2.05) is 48.9 Å². The first-order valence-electron chi connectivity index (χ1n) is 8.73. The van der Waals surface area contributed by atoms with Crippen LogP contribution in [0.25, 0.3) is 11.4 Å². The summed E-state index contributed by atoms with van der Waals surface area (Å²) in [6.45, 7) is 8.38. The van der Waals surface area contributed by atoms with Crippen molar-refractivity contribution in [1.29, 1.82) is 0 Å². The average molecular weight is 385 g/mol. The molecule has 3 aromatic rings. The smallest absolute Gasteiger partial charge is 0.234 e.